The first-order valence-corrected chi connectivity index (χ1v) is 9.20. The molecule has 0 aliphatic carbocycles. The summed E-state index contributed by atoms with van der Waals surface area (Å²) in [4.78, 5) is 13.8. The lowest BCUT2D eigenvalue weighted by molar-refractivity contribution is 0.371. The molecule has 0 radical (unpaired) electrons. The zero-order valence-corrected chi connectivity index (χ0v) is 15.2. The van der Waals surface area contributed by atoms with E-state index in [2.05, 4.69) is 33.1 Å². The predicted molar refractivity (Wildman–Crippen MR) is 104 cm³/mol. The maximum Gasteiger partial charge on any atom is 0.194 e. The first-order chi connectivity index (χ1) is 12.8. The van der Waals surface area contributed by atoms with Crippen molar-refractivity contribution >= 4 is 11.8 Å². The number of aliphatic imine (C=N–C) groups is 1. The van der Waals surface area contributed by atoms with E-state index in [-0.39, 0.29) is 5.82 Å². The number of rotatable bonds is 5. The molecule has 1 aliphatic heterocycles. The molecule has 0 amide bonds. The van der Waals surface area contributed by atoms with Gasteiger partial charge < -0.3 is 15.1 Å². The number of pyridine rings is 1. The van der Waals surface area contributed by atoms with Crippen molar-refractivity contribution in [2.24, 2.45) is 4.99 Å². The summed E-state index contributed by atoms with van der Waals surface area (Å²) >= 11 is 0. The van der Waals surface area contributed by atoms with Crippen molar-refractivity contribution in [2.75, 3.05) is 44.2 Å². The molecule has 1 fully saturated rings. The third kappa shape index (κ3) is 4.94. The van der Waals surface area contributed by atoms with Gasteiger partial charge in [0.15, 0.2) is 5.96 Å². The number of hydrogen-bond acceptors (Lipinski definition) is 3. The first-order valence-electron chi connectivity index (χ1n) is 9.20. The molecule has 0 bridgehead atoms. The summed E-state index contributed by atoms with van der Waals surface area (Å²) in [6.45, 7) is 7.31. The van der Waals surface area contributed by atoms with Gasteiger partial charge in [-0.3, -0.25) is 4.99 Å². The molecule has 1 aromatic carbocycles. The third-order valence-corrected chi connectivity index (χ3v) is 4.46. The van der Waals surface area contributed by atoms with Gasteiger partial charge in [-0.2, -0.15) is 0 Å². The quantitative estimate of drug-likeness (QED) is 0.661. The lowest BCUT2D eigenvalue weighted by Crippen LogP contribution is -2.52. The number of nitrogens with zero attached hydrogens (tertiary/aromatic N) is 4. The van der Waals surface area contributed by atoms with Crippen LogP contribution in [0.15, 0.2) is 53.7 Å². The lowest BCUT2D eigenvalue weighted by atomic mass is 10.1. The molecule has 2 aromatic rings. The fraction of sp³-hybridized carbons (Fsp3) is 0.400. The maximum absolute atomic E-state index is 13.0. The zero-order valence-electron chi connectivity index (χ0n) is 15.2. The highest BCUT2D eigenvalue weighted by molar-refractivity contribution is 5.80. The molecule has 0 spiro atoms. The number of anilines is 1. The lowest BCUT2D eigenvalue weighted by Gasteiger charge is -2.37. The van der Waals surface area contributed by atoms with E-state index in [0.717, 1.165) is 56.5 Å². The minimum absolute atomic E-state index is 0.198. The number of guanidine groups is 1. The summed E-state index contributed by atoms with van der Waals surface area (Å²) in [5, 5.41) is 3.38. The monoisotopic (exact) mass is 355 g/mol. The Labute approximate surface area is 154 Å². The van der Waals surface area contributed by atoms with E-state index in [0.29, 0.717) is 6.54 Å². The van der Waals surface area contributed by atoms with Gasteiger partial charge in [-0.15, -0.1) is 0 Å². The highest BCUT2D eigenvalue weighted by atomic mass is 19.1. The van der Waals surface area contributed by atoms with E-state index in [1.54, 1.807) is 0 Å². The molecule has 0 unspecified atom stereocenters. The molecule has 6 heteroatoms. The summed E-state index contributed by atoms with van der Waals surface area (Å²) in [5.74, 6) is 1.79. The van der Waals surface area contributed by atoms with E-state index < -0.39 is 0 Å². The fourth-order valence-corrected chi connectivity index (χ4v) is 3.06. The molecule has 1 aliphatic rings. The van der Waals surface area contributed by atoms with Crippen molar-refractivity contribution < 1.29 is 4.39 Å². The molecule has 5 nitrogen and oxygen atoms in total. The second-order valence-electron chi connectivity index (χ2n) is 6.27. The van der Waals surface area contributed by atoms with E-state index in [1.807, 2.05) is 30.5 Å². The van der Waals surface area contributed by atoms with E-state index in [9.17, 15) is 4.39 Å². The SMILES string of the molecule is CCNC(=NCCc1ccc(F)cc1)N1CCN(c2ccccn2)CC1. The molecule has 0 atom stereocenters. The number of hydrogen-bond donors (Lipinski definition) is 1. The Morgan fingerprint density at radius 1 is 1.12 bits per heavy atom. The Bertz CT molecular complexity index is 694. The van der Waals surface area contributed by atoms with Gasteiger partial charge >= 0.3 is 0 Å². The van der Waals surface area contributed by atoms with Crippen LogP contribution >= 0.6 is 0 Å². The highest BCUT2D eigenvalue weighted by Crippen LogP contribution is 2.12. The number of piperazine rings is 1. The molecular formula is C20H26FN5. The molecule has 0 saturated carbocycles. The van der Waals surface area contributed by atoms with Crippen LogP contribution in [0.3, 0.4) is 0 Å². The van der Waals surface area contributed by atoms with Gasteiger partial charge in [0, 0.05) is 45.5 Å². The normalized spacial score (nSPS) is 15.2. The van der Waals surface area contributed by atoms with E-state index >= 15 is 0 Å². The molecular weight excluding hydrogens is 329 g/mol. The Morgan fingerprint density at radius 2 is 1.88 bits per heavy atom. The van der Waals surface area contributed by atoms with Crippen LogP contribution in [0.4, 0.5) is 10.2 Å². The Balaban J connectivity index is 1.55. The Kier molecular flexibility index (Phi) is 6.41. The molecule has 1 N–H and O–H groups in total. The second-order valence-corrected chi connectivity index (χ2v) is 6.27. The van der Waals surface area contributed by atoms with Crippen LogP contribution in [0.1, 0.15) is 12.5 Å². The van der Waals surface area contributed by atoms with Gasteiger partial charge in [0.2, 0.25) is 0 Å². The average molecular weight is 355 g/mol. The van der Waals surface area contributed by atoms with Crippen molar-refractivity contribution in [2.45, 2.75) is 13.3 Å². The largest absolute Gasteiger partial charge is 0.357 e. The van der Waals surface area contributed by atoms with Gasteiger partial charge in [-0.05, 0) is 43.2 Å². The highest BCUT2D eigenvalue weighted by Gasteiger charge is 2.20. The van der Waals surface area contributed by atoms with Crippen molar-refractivity contribution in [3.63, 3.8) is 0 Å². The van der Waals surface area contributed by atoms with Gasteiger partial charge in [0.1, 0.15) is 11.6 Å². The molecule has 3 rings (SSSR count). The van der Waals surface area contributed by atoms with Crippen molar-refractivity contribution in [3.05, 3.63) is 60.0 Å². The number of aromatic nitrogens is 1. The molecule has 26 heavy (non-hydrogen) atoms. The van der Waals surface area contributed by atoms with Crippen LogP contribution in [0, 0.1) is 5.82 Å². The molecule has 1 aromatic heterocycles. The van der Waals surface area contributed by atoms with E-state index in [1.165, 1.54) is 12.1 Å². The van der Waals surface area contributed by atoms with Crippen LogP contribution in [0.5, 0.6) is 0 Å². The smallest absolute Gasteiger partial charge is 0.194 e. The minimum Gasteiger partial charge on any atom is -0.357 e. The van der Waals surface area contributed by atoms with Gasteiger partial charge in [0.25, 0.3) is 0 Å². The van der Waals surface area contributed by atoms with E-state index in [4.69, 9.17) is 4.99 Å². The fourth-order valence-electron chi connectivity index (χ4n) is 3.06. The summed E-state index contributed by atoms with van der Waals surface area (Å²) < 4.78 is 13.0. The number of nitrogens with one attached hydrogen (secondary N) is 1. The van der Waals surface area contributed by atoms with Crippen LogP contribution in [0.2, 0.25) is 0 Å². The van der Waals surface area contributed by atoms with Crippen molar-refractivity contribution in [1.82, 2.24) is 15.2 Å². The third-order valence-electron chi connectivity index (χ3n) is 4.46. The average Bonchev–Trinajstić information content (AvgIpc) is 2.70. The zero-order chi connectivity index (χ0) is 18.2. The molecule has 1 saturated heterocycles. The summed E-state index contributed by atoms with van der Waals surface area (Å²) in [6.07, 6.45) is 2.64. The number of benzene rings is 1. The Morgan fingerprint density at radius 3 is 2.54 bits per heavy atom. The standard InChI is InChI=1S/C20H26FN5/c1-2-22-20(24-12-10-17-6-8-18(21)9-7-17)26-15-13-25(14-16-26)19-5-3-4-11-23-19/h3-9,11H,2,10,12-16H2,1H3,(H,22,24). The van der Waals surface area contributed by atoms with Crippen molar-refractivity contribution in [3.8, 4) is 0 Å². The van der Waals surface area contributed by atoms with Crippen molar-refractivity contribution in [1.29, 1.82) is 0 Å². The summed E-state index contributed by atoms with van der Waals surface area (Å²) in [6, 6.07) is 12.7. The maximum atomic E-state index is 13.0. The van der Waals surface area contributed by atoms with Gasteiger partial charge in [-0.1, -0.05) is 18.2 Å². The van der Waals surface area contributed by atoms with Crippen LogP contribution in [0.25, 0.3) is 0 Å². The summed E-state index contributed by atoms with van der Waals surface area (Å²) in [5.41, 5.74) is 1.10. The van der Waals surface area contributed by atoms with Gasteiger partial charge in [0.05, 0.1) is 0 Å². The first kappa shape index (κ1) is 18.2. The topological polar surface area (TPSA) is 43.8 Å². The summed E-state index contributed by atoms with van der Waals surface area (Å²) in [7, 11) is 0. The molecule has 138 valence electrons. The van der Waals surface area contributed by atoms with Crippen LogP contribution in [-0.2, 0) is 6.42 Å². The van der Waals surface area contributed by atoms with Gasteiger partial charge in [-0.25, -0.2) is 9.37 Å². The minimum atomic E-state index is -0.198. The molecule has 2 heterocycles. The second kappa shape index (κ2) is 9.17. The predicted octanol–water partition coefficient (Wildman–Crippen LogP) is 2.55. The number of halogens is 1. The van der Waals surface area contributed by atoms with Crippen LogP contribution in [-0.4, -0.2) is 55.1 Å². The Hall–Kier alpha value is -2.63. The van der Waals surface area contributed by atoms with Crippen LogP contribution < -0.4 is 10.2 Å².